The highest BCUT2D eigenvalue weighted by Gasteiger charge is 2.44. The Morgan fingerprint density at radius 1 is 0.567 bits per heavy atom. The van der Waals surface area contributed by atoms with E-state index in [-0.39, 0.29) is 12.8 Å². The number of amides is 1. The predicted octanol–water partition coefficient (Wildman–Crippen LogP) is 8.84. The van der Waals surface area contributed by atoms with Crippen LogP contribution in [0.4, 0.5) is 0 Å². The molecule has 1 aliphatic heterocycles. The third kappa shape index (κ3) is 28.5. The maximum absolute atomic E-state index is 13.0. The van der Waals surface area contributed by atoms with E-state index in [9.17, 15) is 40.5 Å². The van der Waals surface area contributed by atoms with Gasteiger partial charge in [-0.1, -0.05) is 206 Å². The van der Waals surface area contributed by atoms with Crippen LogP contribution >= 0.6 is 0 Å². The maximum Gasteiger partial charge on any atom is 0.249 e. The zero-order valence-electron chi connectivity index (χ0n) is 38.5. The number of aliphatic hydroxyl groups is 7. The van der Waals surface area contributed by atoms with Crippen molar-refractivity contribution in [1.29, 1.82) is 0 Å². The van der Waals surface area contributed by atoms with Gasteiger partial charge in [0.1, 0.15) is 36.6 Å². The van der Waals surface area contributed by atoms with Crippen LogP contribution in [-0.2, 0) is 14.3 Å². The molecule has 1 aliphatic rings. The second-order valence-electron chi connectivity index (χ2n) is 17.9. The van der Waals surface area contributed by atoms with E-state index in [4.69, 9.17) is 9.47 Å². The summed E-state index contributed by atoms with van der Waals surface area (Å²) in [6.07, 6.45) is 32.0. The molecule has 1 amide bonds. The van der Waals surface area contributed by atoms with Crippen molar-refractivity contribution in [2.24, 2.45) is 0 Å². The summed E-state index contributed by atoms with van der Waals surface area (Å²) < 4.78 is 11.0. The molecule has 0 aromatic carbocycles. The molecule has 0 bridgehead atoms. The molecule has 356 valence electrons. The molecule has 1 fully saturated rings. The van der Waals surface area contributed by atoms with Crippen molar-refractivity contribution in [1.82, 2.24) is 5.32 Å². The molecule has 0 aromatic rings. The minimum atomic E-state index is -1.66. The lowest BCUT2D eigenvalue weighted by molar-refractivity contribution is -0.303. The topological polar surface area (TPSA) is 189 Å². The van der Waals surface area contributed by atoms with Crippen LogP contribution in [-0.4, -0.2) is 110 Å². The number of rotatable bonds is 42. The predicted molar refractivity (Wildman–Crippen MR) is 243 cm³/mol. The number of aliphatic hydroxyl groups excluding tert-OH is 7. The highest BCUT2D eigenvalue weighted by atomic mass is 16.7. The molecule has 0 spiro atoms. The zero-order chi connectivity index (χ0) is 44.1. The average Bonchev–Trinajstić information content (AvgIpc) is 3.25. The molecule has 0 aliphatic carbocycles. The van der Waals surface area contributed by atoms with Gasteiger partial charge in [-0.3, -0.25) is 4.79 Å². The number of hydrogen-bond acceptors (Lipinski definition) is 10. The van der Waals surface area contributed by atoms with Crippen LogP contribution in [0.25, 0.3) is 0 Å². The summed E-state index contributed by atoms with van der Waals surface area (Å²) in [5.41, 5.74) is 0. The lowest BCUT2D eigenvalue weighted by Gasteiger charge is -2.40. The number of ether oxygens (including phenoxy) is 2. The standard InChI is InChI=1S/C49H95NO10/c1-3-5-7-9-11-12-13-14-15-16-17-18-19-20-21-22-23-24-25-26-27-28-29-30-31-33-35-37-42(53)48(58)50-40(44(54)41(52)36-34-32-10-8-6-4-2)39-59-49-47(57)46(56)45(55)43(38-51)60-49/h8,10,40-47,49,51-57H,3-7,9,11-39H2,1-2H3,(H,50,58)/b10-8+. The van der Waals surface area contributed by atoms with Gasteiger partial charge >= 0.3 is 0 Å². The van der Waals surface area contributed by atoms with Gasteiger partial charge in [-0.2, -0.15) is 0 Å². The molecule has 1 heterocycles. The van der Waals surface area contributed by atoms with Crippen molar-refractivity contribution in [2.75, 3.05) is 13.2 Å². The molecular formula is C49H95NO10. The van der Waals surface area contributed by atoms with Crippen molar-refractivity contribution < 1.29 is 50.0 Å². The van der Waals surface area contributed by atoms with Crippen LogP contribution < -0.4 is 5.32 Å². The molecule has 11 heteroatoms. The highest BCUT2D eigenvalue weighted by Crippen LogP contribution is 2.23. The zero-order valence-corrected chi connectivity index (χ0v) is 38.5. The molecule has 9 unspecified atom stereocenters. The summed E-state index contributed by atoms with van der Waals surface area (Å²) in [7, 11) is 0. The fraction of sp³-hybridized carbons (Fsp3) is 0.939. The minimum absolute atomic E-state index is 0.256. The van der Waals surface area contributed by atoms with Gasteiger partial charge in [-0.05, 0) is 32.1 Å². The monoisotopic (exact) mass is 858 g/mol. The lowest BCUT2D eigenvalue weighted by Crippen LogP contribution is -2.60. The first kappa shape index (κ1) is 56.9. The number of carbonyl (C=O) groups is 1. The molecular weight excluding hydrogens is 763 g/mol. The van der Waals surface area contributed by atoms with Gasteiger partial charge < -0.3 is 50.5 Å². The van der Waals surface area contributed by atoms with Crippen molar-refractivity contribution in [3.05, 3.63) is 12.2 Å². The van der Waals surface area contributed by atoms with Crippen molar-refractivity contribution in [3.8, 4) is 0 Å². The molecule has 11 nitrogen and oxygen atoms in total. The Labute approximate surface area is 366 Å². The van der Waals surface area contributed by atoms with E-state index in [0.717, 1.165) is 38.5 Å². The SMILES string of the molecule is CCC/C=C/CCCC(O)C(O)C(COC1OC(CO)C(O)C(O)C1O)NC(=O)C(O)CCCCCCCCCCCCCCCCCCCCCCCCCCCCC. The molecule has 0 saturated carbocycles. The van der Waals surface area contributed by atoms with Gasteiger partial charge in [0.05, 0.1) is 25.4 Å². The smallest absolute Gasteiger partial charge is 0.249 e. The first-order chi connectivity index (χ1) is 29.2. The van der Waals surface area contributed by atoms with E-state index in [0.29, 0.717) is 12.8 Å². The second kappa shape index (κ2) is 39.4. The van der Waals surface area contributed by atoms with E-state index < -0.39 is 74.2 Å². The van der Waals surface area contributed by atoms with E-state index in [1.807, 2.05) is 6.08 Å². The van der Waals surface area contributed by atoms with E-state index in [2.05, 4.69) is 25.2 Å². The van der Waals surface area contributed by atoms with Gasteiger partial charge in [0, 0.05) is 0 Å². The van der Waals surface area contributed by atoms with Gasteiger partial charge in [-0.15, -0.1) is 0 Å². The van der Waals surface area contributed by atoms with Gasteiger partial charge in [0.2, 0.25) is 5.91 Å². The quantitative estimate of drug-likeness (QED) is 0.0218. The molecule has 9 atom stereocenters. The van der Waals surface area contributed by atoms with Crippen LogP contribution in [0.5, 0.6) is 0 Å². The van der Waals surface area contributed by atoms with E-state index >= 15 is 0 Å². The third-order valence-electron chi connectivity index (χ3n) is 12.3. The summed E-state index contributed by atoms with van der Waals surface area (Å²) in [5, 5.41) is 75.2. The Bertz CT molecular complexity index is 986. The molecule has 0 radical (unpaired) electrons. The van der Waals surface area contributed by atoms with E-state index in [1.54, 1.807) is 0 Å². The van der Waals surface area contributed by atoms with Crippen LogP contribution in [0.2, 0.25) is 0 Å². The largest absolute Gasteiger partial charge is 0.394 e. The van der Waals surface area contributed by atoms with Crippen molar-refractivity contribution in [3.63, 3.8) is 0 Å². The number of unbranched alkanes of at least 4 members (excludes halogenated alkanes) is 28. The number of nitrogens with one attached hydrogen (secondary N) is 1. The minimum Gasteiger partial charge on any atom is -0.394 e. The summed E-state index contributed by atoms with van der Waals surface area (Å²) in [6.45, 7) is 3.31. The average molecular weight is 858 g/mol. The summed E-state index contributed by atoms with van der Waals surface area (Å²) in [4.78, 5) is 13.0. The Hall–Kier alpha value is -1.15. The first-order valence-electron chi connectivity index (χ1n) is 25.1. The number of allylic oxidation sites excluding steroid dienone is 2. The van der Waals surface area contributed by atoms with Crippen LogP contribution in [0, 0.1) is 0 Å². The first-order valence-corrected chi connectivity index (χ1v) is 25.1. The van der Waals surface area contributed by atoms with E-state index in [1.165, 1.54) is 148 Å². The maximum atomic E-state index is 13.0. The normalized spacial score (nSPS) is 21.6. The van der Waals surface area contributed by atoms with Gasteiger partial charge in [-0.25, -0.2) is 0 Å². The summed E-state index contributed by atoms with van der Waals surface area (Å²) in [5.74, 6) is -0.707. The third-order valence-corrected chi connectivity index (χ3v) is 12.3. The van der Waals surface area contributed by atoms with Crippen molar-refractivity contribution >= 4 is 5.91 Å². The van der Waals surface area contributed by atoms with Gasteiger partial charge in [0.15, 0.2) is 6.29 Å². The number of hydrogen-bond donors (Lipinski definition) is 8. The van der Waals surface area contributed by atoms with Crippen LogP contribution in [0.15, 0.2) is 12.2 Å². The summed E-state index contributed by atoms with van der Waals surface area (Å²) >= 11 is 0. The Balaban J connectivity index is 2.18. The molecule has 60 heavy (non-hydrogen) atoms. The summed E-state index contributed by atoms with van der Waals surface area (Å²) in [6, 6.07) is -1.18. The lowest BCUT2D eigenvalue weighted by atomic mass is 9.98. The molecule has 8 N–H and O–H groups in total. The fourth-order valence-corrected chi connectivity index (χ4v) is 8.16. The molecule has 0 aromatic heterocycles. The second-order valence-corrected chi connectivity index (χ2v) is 17.9. The van der Waals surface area contributed by atoms with Crippen molar-refractivity contribution in [2.45, 2.75) is 281 Å². The highest BCUT2D eigenvalue weighted by molar-refractivity contribution is 5.80. The number of carbonyl (C=O) groups excluding carboxylic acids is 1. The fourth-order valence-electron chi connectivity index (χ4n) is 8.16. The molecule has 1 saturated heterocycles. The van der Waals surface area contributed by atoms with Crippen LogP contribution in [0.3, 0.4) is 0 Å². The Kier molecular flexibility index (Phi) is 37.4. The van der Waals surface area contributed by atoms with Crippen LogP contribution in [0.1, 0.15) is 226 Å². The van der Waals surface area contributed by atoms with Gasteiger partial charge in [0.25, 0.3) is 0 Å². The Morgan fingerprint density at radius 3 is 1.43 bits per heavy atom. The Morgan fingerprint density at radius 2 is 1.00 bits per heavy atom. The molecule has 1 rings (SSSR count).